The summed E-state index contributed by atoms with van der Waals surface area (Å²) in [6.07, 6.45) is 0. The quantitative estimate of drug-likeness (QED) is 0.862. The maximum Gasteiger partial charge on any atom is 0.251 e. The van der Waals surface area contributed by atoms with Crippen molar-refractivity contribution in [1.82, 2.24) is 10.3 Å². The number of hydrogen-bond acceptors (Lipinski definition) is 3. The van der Waals surface area contributed by atoms with Crippen LogP contribution in [0.1, 0.15) is 57.6 Å². The molecule has 0 aromatic carbocycles. The molecule has 0 radical (unpaired) electrons. The summed E-state index contributed by atoms with van der Waals surface area (Å²) in [6.45, 7) is 13.0. The molecule has 1 aromatic heterocycles. The second-order valence-electron chi connectivity index (χ2n) is 7.16. The maximum atomic E-state index is 12.1. The average molecular weight is 263 g/mol. The van der Waals surface area contributed by atoms with Crippen molar-refractivity contribution in [3.05, 3.63) is 23.4 Å². The number of nitrogens with zero attached hydrogens (tertiary/aromatic N) is 1. The van der Waals surface area contributed by atoms with Crippen LogP contribution in [0.5, 0.6) is 0 Å². The standard InChI is InChI=1S/C15H25N3O/c1-14(2,3)9-17-13(19)10-7-11(15(4,5)6)18-12(16)8-10/h7-8H,9H2,1-6H3,(H2,16,18)(H,17,19). The molecule has 0 aliphatic carbocycles. The van der Waals surface area contributed by atoms with E-state index in [1.165, 1.54) is 0 Å². The first-order chi connectivity index (χ1) is 8.49. The molecule has 4 heteroatoms. The van der Waals surface area contributed by atoms with Gasteiger partial charge in [-0.3, -0.25) is 4.79 Å². The number of carbonyl (C=O) groups is 1. The van der Waals surface area contributed by atoms with E-state index in [0.29, 0.717) is 17.9 Å². The Kier molecular flexibility index (Phi) is 4.23. The molecule has 0 spiro atoms. The smallest absolute Gasteiger partial charge is 0.251 e. The van der Waals surface area contributed by atoms with Gasteiger partial charge in [-0.15, -0.1) is 0 Å². The van der Waals surface area contributed by atoms with Crippen molar-refractivity contribution in [1.29, 1.82) is 0 Å². The van der Waals surface area contributed by atoms with E-state index >= 15 is 0 Å². The molecule has 0 aliphatic heterocycles. The summed E-state index contributed by atoms with van der Waals surface area (Å²) in [4.78, 5) is 16.4. The van der Waals surface area contributed by atoms with Crippen molar-refractivity contribution in [2.75, 3.05) is 12.3 Å². The number of rotatable bonds is 2. The molecule has 0 atom stereocenters. The number of amides is 1. The molecule has 1 aromatic rings. The van der Waals surface area contributed by atoms with Gasteiger partial charge < -0.3 is 11.1 Å². The van der Waals surface area contributed by atoms with Crippen molar-refractivity contribution in [2.45, 2.75) is 47.0 Å². The highest BCUT2D eigenvalue weighted by molar-refractivity contribution is 5.95. The van der Waals surface area contributed by atoms with E-state index in [9.17, 15) is 4.79 Å². The summed E-state index contributed by atoms with van der Waals surface area (Å²) >= 11 is 0. The largest absolute Gasteiger partial charge is 0.384 e. The highest BCUT2D eigenvalue weighted by atomic mass is 16.1. The van der Waals surface area contributed by atoms with Crippen LogP contribution in [0.3, 0.4) is 0 Å². The van der Waals surface area contributed by atoms with E-state index in [0.717, 1.165) is 5.69 Å². The van der Waals surface area contributed by atoms with Crippen LogP contribution in [-0.4, -0.2) is 17.4 Å². The van der Waals surface area contributed by atoms with Crippen LogP contribution in [0.4, 0.5) is 5.82 Å². The van der Waals surface area contributed by atoms with E-state index in [1.54, 1.807) is 6.07 Å². The van der Waals surface area contributed by atoms with Gasteiger partial charge in [-0.2, -0.15) is 0 Å². The summed E-state index contributed by atoms with van der Waals surface area (Å²) < 4.78 is 0. The lowest BCUT2D eigenvalue weighted by molar-refractivity contribution is 0.0939. The first-order valence-corrected chi connectivity index (χ1v) is 6.55. The fourth-order valence-corrected chi connectivity index (χ4v) is 1.51. The number of pyridine rings is 1. The summed E-state index contributed by atoms with van der Waals surface area (Å²) in [6, 6.07) is 3.43. The van der Waals surface area contributed by atoms with Crippen LogP contribution in [0.2, 0.25) is 0 Å². The lowest BCUT2D eigenvalue weighted by atomic mass is 9.90. The highest BCUT2D eigenvalue weighted by Crippen LogP contribution is 2.22. The summed E-state index contributed by atoms with van der Waals surface area (Å²) in [5.41, 5.74) is 7.11. The predicted molar refractivity (Wildman–Crippen MR) is 79.1 cm³/mol. The second kappa shape index (κ2) is 5.19. The van der Waals surface area contributed by atoms with Gasteiger partial charge in [0.25, 0.3) is 5.91 Å². The molecule has 1 rings (SSSR count). The highest BCUT2D eigenvalue weighted by Gasteiger charge is 2.19. The van der Waals surface area contributed by atoms with Gasteiger partial charge in [0, 0.05) is 23.2 Å². The minimum atomic E-state index is -0.131. The number of hydrogen-bond donors (Lipinski definition) is 2. The minimum Gasteiger partial charge on any atom is -0.384 e. The Morgan fingerprint density at radius 3 is 2.26 bits per heavy atom. The molecule has 1 amide bonds. The van der Waals surface area contributed by atoms with Crippen molar-refractivity contribution in [2.24, 2.45) is 5.41 Å². The molecule has 19 heavy (non-hydrogen) atoms. The van der Waals surface area contributed by atoms with Crippen molar-refractivity contribution in [3.63, 3.8) is 0 Å². The molecule has 0 fully saturated rings. The van der Waals surface area contributed by atoms with Gasteiger partial charge in [0.2, 0.25) is 0 Å². The molecule has 0 saturated carbocycles. The van der Waals surface area contributed by atoms with Gasteiger partial charge in [0.1, 0.15) is 5.82 Å². The monoisotopic (exact) mass is 263 g/mol. The number of nitrogen functional groups attached to an aromatic ring is 1. The Labute approximate surface area is 115 Å². The average Bonchev–Trinajstić information content (AvgIpc) is 2.22. The van der Waals surface area contributed by atoms with Crippen LogP contribution >= 0.6 is 0 Å². The van der Waals surface area contributed by atoms with Gasteiger partial charge in [-0.05, 0) is 17.5 Å². The fraction of sp³-hybridized carbons (Fsp3) is 0.600. The van der Waals surface area contributed by atoms with Crippen LogP contribution < -0.4 is 11.1 Å². The Bertz CT molecular complexity index is 467. The zero-order valence-electron chi connectivity index (χ0n) is 12.8. The Morgan fingerprint density at radius 1 is 1.21 bits per heavy atom. The van der Waals surface area contributed by atoms with E-state index in [4.69, 9.17) is 5.73 Å². The first kappa shape index (κ1) is 15.5. The molecular weight excluding hydrogens is 238 g/mol. The molecule has 0 bridgehead atoms. The third-order valence-electron chi connectivity index (χ3n) is 2.66. The second-order valence-corrected chi connectivity index (χ2v) is 7.16. The van der Waals surface area contributed by atoms with Crippen molar-refractivity contribution >= 4 is 11.7 Å². The van der Waals surface area contributed by atoms with E-state index < -0.39 is 0 Å². The van der Waals surface area contributed by atoms with Crippen LogP contribution in [0, 0.1) is 5.41 Å². The van der Waals surface area contributed by atoms with Crippen molar-refractivity contribution in [3.8, 4) is 0 Å². The SMILES string of the molecule is CC(C)(C)CNC(=O)c1cc(N)nc(C(C)(C)C)c1. The number of nitrogens with one attached hydrogen (secondary N) is 1. The zero-order valence-corrected chi connectivity index (χ0v) is 12.8. The van der Waals surface area contributed by atoms with E-state index in [2.05, 4.69) is 31.1 Å². The summed E-state index contributed by atoms with van der Waals surface area (Å²) in [5, 5.41) is 2.92. The lowest BCUT2D eigenvalue weighted by Crippen LogP contribution is -2.32. The molecule has 0 saturated heterocycles. The predicted octanol–water partition coefficient (Wildman–Crippen LogP) is 2.74. The molecular formula is C15H25N3O. The zero-order chi connectivity index (χ0) is 14.8. The normalized spacial score (nSPS) is 12.3. The molecule has 3 N–H and O–H groups in total. The van der Waals surface area contributed by atoms with Gasteiger partial charge in [0.05, 0.1) is 0 Å². The topological polar surface area (TPSA) is 68.0 Å². The molecule has 0 aliphatic rings. The Morgan fingerprint density at radius 2 is 1.79 bits per heavy atom. The first-order valence-electron chi connectivity index (χ1n) is 6.55. The Hall–Kier alpha value is -1.58. The lowest BCUT2D eigenvalue weighted by Gasteiger charge is -2.21. The number of nitrogens with two attached hydrogens (primary N) is 1. The van der Waals surface area contributed by atoms with Gasteiger partial charge >= 0.3 is 0 Å². The summed E-state index contributed by atoms with van der Waals surface area (Å²) in [5.74, 6) is 0.280. The minimum absolute atomic E-state index is 0.0566. The van der Waals surface area contributed by atoms with Crippen LogP contribution in [0.15, 0.2) is 12.1 Å². The molecule has 106 valence electrons. The fourth-order valence-electron chi connectivity index (χ4n) is 1.51. The number of carbonyl (C=O) groups excluding carboxylic acids is 1. The molecule has 1 heterocycles. The number of anilines is 1. The van der Waals surface area contributed by atoms with Gasteiger partial charge in [0.15, 0.2) is 0 Å². The Balaban J connectivity index is 2.95. The van der Waals surface area contributed by atoms with Gasteiger partial charge in [-0.1, -0.05) is 41.5 Å². The third kappa shape index (κ3) is 4.89. The maximum absolute atomic E-state index is 12.1. The summed E-state index contributed by atoms with van der Waals surface area (Å²) in [7, 11) is 0. The van der Waals surface area contributed by atoms with Crippen LogP contribution in [-0.2, 0) is 5.41 Å². The molecule has 4 nitrogen and oxygen atoms in total. The third-order valence-corrected chi connectivity index (χ3v) is 2.66. The number of aromatic nitrogens is 1. The molecule has 0 unspecified atom stereocenters. The van der Waals surface area contributed by atoms with E-state index in [1.807, 2.05) is 26.8 Å². The van der Waals surface area contributed by atoms with Gasteiger partial charge in [-0.25, -0.2) is 4.98 Å². The van der Waals surface area contributed by atoms with E-state index in [-0.39, 0.29) is 16.7 Å². The van der Waals surface area contributed by atoms with Crippen molar-refractivity contribution < 1.29 is 4.79 Å². The van der Waals surface area contributed by atoms with Crippen LogP contribution in [0.25, 0.3) is 0 Å².